The first-order chi connectivity index (χ1) is 16.5. The van der Waals surface area contributed by atoms with Crippen molar-refractivity contribution in [1.29, 1.82) is 0 Å². The number of hydrogen-bond donors (Lipinski definition) is 1. The zero-order valence-electron chi connectivity index (χ0n) is 18.1. The third-order valence-electron chi connectivity index (χ3n) is 4.85. The van der Waals surface area contributed by atoms with Crippen LogP contribution >= 0.6 is 0 Å². The van der Waals surface area contributed by atoms with E-state index in [1.165, 1.54) is 38.7 Å². The van der Waals surface area contributed by atoms with E-state index in [4.69, 9.17) is 4.74 Å². The highest BCUT2D eigenvalue weighted by Crippen LogP contribution is 2.35. The van der Waals surface area contributed by atoms with Gasteiger partial charge in [0.2, 0.25) is 5.95 Å². The van der Waals surface area contributed by atoms with Crippen LogP contribution in [0.1, 0.15) is 17.0 Å². The largest absolute Gasteiger partial charge is 0.497 e. The monoisotopic (exact) mass is 494 g/mol. The first kappa shape index (κ1) is 24.0. The molecule has 0 aliphatic heterocycles. The molecule has 4 rings (SSSR count). The maximum Gasteiger partial charge on any atom is 0.435 e. The first-order valence-corrected chi connectivity index (χ1v) is 9.90. The van der Waals surface area contributed by atoms with Crippen molar-refractivity contribution in [3.63, 3.8) is 0 Å². The fourth-order valence-electron chi connectivity index (χ4n) is 3.23. The molecule has 0 atom stereocenters. The number of alkyl halides is 6. The van der Waals surface area contributed by atoms with Gasteiger partial charge in [0.15, 0.2) is 11.5 Å². The number of benzene rings is 1. The van der Waals surface area contributed by atoms with E-state index in [2.05, 4.69) is 25.4 Å². The summed E-state index contributed by atoms with van der Waals surface area (Å²) in [5.41, 5.74) is -1.19. The van der Waals surface area contributed by atoms with Gasteiger partial charge in [-0.1, -0.05) is 6.07 Å². The third kappa shape index (κ3) is 5.18. The second kappa shape index (κ2) is 8.89. The van der Waals surface area contributed by atoms with Crippen molar-refractivity contribution < 1.29 is 31.1 Å². The van der Waals surface area contributed by atoms with Crippen LogP contribution in [0.4, 0.5) is 38.0 Å². The molecule has 13 heteroatoms. The average molecular weight is 494 g/mol. The van der Waals surface area contributed by atoms with Crippen molar-refractivity contribution >= 4 is 11.6 Å². The highest BCUT2D eigenvalue weighted by molar-refractivity contribution is 5.71. The summed E-state index contributed by atoms with van der Waals surface area (Å²) in [5, 5.41) is 6.30. The van der Waals surface area contributed by atoms with Crippen molar-refractivity contribution in [1.82, 2.24) is 24.7 Å². The Kier molecular flexibility index (Phi) is 6.09. The predicted octanol–water partition coefficient (Wildman–Crippen LogP) is 5.82. The van der Waals surface area contributed by atoms with Gasteiger partial charge in [-0.15, -0.1) is 0 Å². The Bertz CT molecular complexity index is 1350. The summed E-state index contributed by atoms with van der Waals surface area (Å²) >= 11 is 0. The van der Waals surface area contributed by atoms with E-state index >= 15 is 0 Å². The SMILES string of the molecule is COc1cc(Nc2ncc(-c3cccnc3)c(-n3nc(C(F)(F)F)cc3C)n2)cc(C(F)(F)F)c1. The number of aromatic nitrogens is 5. The molecular formula is C22H16F6N6O. The second-order valence-corrected chi connectivity index (χ2v) is 7.33. The molecule has 3 aromatic heterocycles. The number of aryl methyl sites for hydroxylation is 1. The molecule has 7 nitrogen and oxygen atoms in total. The summed E-state index contributed by atoms with van der Waals surface area (Å²) in [4.78, 5) is 12.4. The Labute approximate surface area is 194 Å². The summed E-state index contributed by atoms with van der Waals surface area (Å²) in [7, 11) is 1.22. The summed E-state index contributed by atoms with van der Waals surface area (Å²) in [6, 6.07) is 7.10. The maximum atomic E-state index is 13.3. The Hall–Kier alpha value is -4.16. The van der Waals surface area contributed by atoms with E-state index in [1.54, 1.807) is 12.1 Å². The Morgan fingerprint density at radius 1 is 0.971 bits per heavy atom. The van der Waals surface area contributed by atoms with Crippen molar-refractivity contribution in [3.8, 4) is 22.7 Å². The molecule has 0 fully saturated rings. The van der Waals surface area contributed by atoms with E-state index in [9.17, 15) is 26.3 Å². The van der Waals surface area contributed by atoms with Crippen LogP contribution in [0.5, 0.6) is 5.75 Å². The molecule has 0 spiro atoms. The minimum Gasteiger partial charge on any atom is -0.497 e. The highest BCUT2D eigenvalue weighted by Gasteiger charge is 2.35. The lowest BCUT2D eigenvalue weighted by Crippen LogP contribution is -2.11. The normalized spacial score (nSPS) is 12.0. The zero-order valence-corrected chi connectivity index (χ0v) is 18.1. The van der Waals surface area contributed by atoms with E-state index in [0.29, 0.717) is 11.1 Å². The number of hydrogen-bond acceptors (Lipinski definition) is 6. The molecule has 1 N–H and O–H groups in total. The van der Waals surface area contributed by atoms with Gasteiger partial charge in [-0.3, -0.25) is 4.98 Å². The molecule has 35 heavy (non-hydrogen) atoms. The Morgan fingerprint density at radius 3 is 2.34 bits per heavy atom. The number of methoxy groups -OCH3 is 1. The molecule has 4 aromatic rings. The minimum absolute atomic E-state index is 0.0255. The molecular weight excluding hydrogens is 478 g/mol. The molecule has 3 heterocycles. The molecule has 1 aromatic carbocycles. The molecule has 0 aliphatic carbocycles. The maximum absolute atomic E-state index is 13.3. The molecule has 182 valence electrons. The predicted molar refractivity (Wildman–Crippen MR) is 113 cm³/mol. The van der Waals surface area contributed by atoms with Gasteiger partial charge in [0, 0.05) is 47.2 Å². The van der Waals surface area contributed by atoms with Crippen LogP contribution in [-0.2, 0) is 12.4 Å². The van der Waals surface area contributed by atoms with Gasteiger partial charge in [-0.25, -0.2) is 9.67 Å². The van der Waals surface area contributed by atoms with Crippen molar-refractivity contribution in [2.75, 3.05) is 12.4 Å². The fourth-order valence-corrected chi connectivity index (χ4v) is 3.23. The highest BCUT2D eigenvalue weighted by atomic mass is 19.4. The Balaban J connectivity index is 1.83. The van der Waals surface area contributed by atoms with E-state index in [1.807, 2.05) is 0 Å². The van der Waals surface area contributed by atoms with Crippen LogP contribution in [0.2, 0.25) is 0 Å². The molecule has 0 radical (unpaired) electrons. The van der Waals surface area contributed by atoms with E-state index in [0.717, 1.165) is 22.9 Å². The zero-order chi connectivity index (χ0) is 25.4. The summed E-state index contributed by atoms with van der Waals surface area (Å²) in [6.07, 6.45) is -5.02. The number of nitrogens with one attached hydrogen (secondary N) is 1. The van der Waals surface area contributed by atoms with Crippen LogP contribution in [0.25, 0.3) is 16.9 Å². The lowest BCUT2D eigenvalue weighted by molar-refractivity contribution is -0.141. The van der Waals surface area contributed by atoms with Crippen LogP contribution in [0.15, 0.2) is 55.0 Å². The van der Waals surface area contributed by atoms with Crippen molar-refractivity contribution in [3.05, 3.63) is 71.9 Å². The van der Waals surface area contributed by atoms with Gasteiger partial charge in [0.25, 0.3) is 0 Å². The van der Waals surface area contributed by atoms with Gasteiger partial charge in [0.05, 0.1) is 12.7 Å². The topological polar surface area (TPSA) is 77.8 Å². The summed E-state index contributed by atoms with van der Waals surface area (Å²) < 4.78 is 85.5. The molecule has 0 aliphatic rings. The molecule has 0 saturated carbocycles. The van der Waals surface area contributed by atoms with Crippen LogP contribution in [0, 0.1) is 6.92 Å². The quantitative estimate of drug-likeness (QED) is 0.352. The third-order valence-corrected chi connectivity index (χ3v) is 4.85. The molecule has 0 unspecified atom stereocenters. The minimum atomic E-state index is -4.69. The number of pyridine rings is 1. The van der Waals surface area contributed by atoms with Gasteiger partial charge in [-0.05, 0) is 31.2 Å². The average Bonchev–Trinajstić information content (AvgIpc) is 3.21. The second-order valence-electron chi connectivity index (χ2n) is 7.33. The van der Waals surface area contributed by atoms with Gasteiger partial charge >= 0.3 is 12.4 Å². The lowest BCUT2D eigenvalue weighted by Gasteiger charge is -2.14. The van der Waals surface area contributed by atoms with Crippen LogP contribution in [-0.4, -0.2) is 31.8 Å². The lowest BCUT2D eigenvalue weighted by atomic mass is 10.1. The van der Waals surface area contributed by atoms with Gasteiger partial charge in [0.1, 0.15) is 5.75 Å². The Morgan fingerprint density at radius 2 is 1.74 bits per heavy atom. The van der Waals surface area contributed by atoms with Crippen molar-refractivity contribution in [2.45, 2.75) is 19.3 Å². The smallest absolute Gasteiger partial charge is 0.435 e. The number of rotatable bonds is 5. The van der Waals surface area contributed by atoms with E-state index < -0.39 is 23.6 Å². The van der Waals surface area contributed by atoms with E-state index in [-0.39, 0.29) is 28.9 Å². The standard InChI is InChI=1S/C22H16F6N6O/c1-12-6-18(22(26,27)28)33-34(12)19-17(13-4-3-5-29-10-13)11-30-20(32-19)31-15-7-14(21(23,24)25)8-16(9-15)35-2/h3-11H,1-2H3,(H,30,31,32). The van der Waals surface area contributed by atoms with Gasteiger partial charge in [-0.2, -0.15) is 36.4 Å². The van der Waals surface area contributed by atoms with Crippen LogP contribution in [0.3, 0.4) is 0 Å². The number of anilines is 2. The number of ether oxygens (including phenoxy) is 1. The molecule has 0 amide bonds. The molecule has 0 saturated heterocycles. The summed E-state index contributed by atoms with van der Waals surface area (Å²) in [6.45, 7) is 1.42. The summed E-state index contributed by atoms with van der Waals surface area (Å²) in [5.74, 6) is -0.257. The first-order valence-electron chi connectivity index (χ1n) is 9.90. The van der Waals surface area contributed by atoms with Crippen molar-refractivity contribution in [2.24, 2.45) is 0 Å². The van der Waals surface area contributed by atoms with Crippen LogP contribution < -0.4 is 10.1 Å². The molecule has 0 bridgehead atoms. The fraction of sp³-hybridized carbons (Fsp3) is 0.182. The number of halogens is 6. The van der Waals surface area contributed by atoms with Gasteiger partial charge < -0.3 is 10.1 Å². The number of nitrogens with zero attached hydrogens (tertiary/aromatic N) is 5.